The van der Waals surface area contributed by atoms with Crippen LogP contribution in [0.2, 0.25) is 0 Å². The quantitative estimate of drug-likeness (QED) is 0.659. The van der Waals surface area contributed by atoms with Crippen LogP contribution in [0.15, 0.2) is 0 Å². The van der Waals surface area contributed by atoms with Gasteiger partial charge in [-0.1, -0.05) is 0 Å². The minimum Gasteiger partial charge on any atom is -0.480 e. The molecule has 4 nitrogen and oxygen atoms in total. The van der Waals surface area contributed by atoms with Gasteiger partial charge in [0.05, 0.1) is 11.7 Å². The lowest BCUT2D eigenvalue weighted by molar-refractivity contribution is -0.145. The first-order valence-corrected chi connectivity index (χ1v) is 3.90. The van der Waals surface area contributed by atoms with Crippen molar-refractivity contribution in [3.63, 3.8) is 0 Å². The van der Waals surface area contributed by atoms with Gasteiger partial charge in [-0.3, -0.25) is 4.79 Å². The Labute approximate surface area is 72.7 Å². The Morgan fingerprint density at radius 1 is 1.50 bits per heavy atom. The number of aliphatic carboxylic acids is 1. The molecular weight excluding hydrogens is 158 g/mol. The van der Waals surface area contributed by atoms with Crippen LogP contribution in [0, 0.1) is 0 Å². The summed E-state index contributed by atoms with van der Waals surface area (Å²) in [6, 6.07) is -0.954. The van der Waals surface area contributed by atoms with E-state index in [0.29, 0.717) is 0 Å². The van der Waals surface area contributed by atoms with Crippen LogP contribution >= 0.6 is 0 Å². The second-order valence-electron chi connectivity index (χ2n) is 3.80. The SMILES string of the molecule is C[C@@H](OC(C)(C)C)[C@H](N)C(=O)O. The third-order valence-electron chi connectivity index (χ3n) is 1.33. The zero-order chi connectivity index (χ0) is 9.94. The molecule has 3 N–H and O–H groups in total. The van der Waals surface area contributed by atoms with E-state index < -0.39 is 18.1 Å². The molecule has 0 saturated heterocycles. The van der Waals surface area contributed by atoms with E-state index in [4.69, 9.17) is 15.6 Å². The van der Waals surface area contributed by atoms with Crippen LogP contribution in [0.1, 0.15) is 27.7 Å². The minimum atomic E-state index is -1.04. The highest BCUT2D eigenvalue weighted by Gasteiger charge is 2.24. The Morgan fingerprint density at radius 2 is 1.92 bits per heavy atom. The molecule has 0 aromatic rings. The van der Waals surface area contributed by atoms with E-state index in [9.17, 15) is 4.79 Å². The van der Waals surface area contributed by atoms with Crippen molar-refractivity contribution in [2.75, 3.05) is 0 Å². The maximum atomic E-state index is 10.4. The average molecular weight is 175 g/mol. The van der Waals surface area contributed by atoms with E-state index >= 15 is 0 Å². The summed E-state index contributed by atoms with van der Waals surface area (Å²) in [5, 5.41) is 8.54. The van der Waals surface area contributed by atoms with Crippen LogP contribution in [-0.2, 0) is 9.53 Å². The smallest absolute Gasteiger partial charge is 0.323 e. The molecule has 0 aromatic carbocycles. The average Bonchev–Trinajstić information content (AvgIpc) is 1.82. The van der Waals surface area contributed by atoms with Crippen molar-refractivity contribution >= 4 is 5.97 Å². The summed E-state index contributed by atoms with van der Waals surface area (Å²) in [6.45, 7) is 7.23. The van der Waals surface area contributed by atoms with Gasteiger partial charge < -0.3 is 15.6 Å². The van der Waals surface area contributed by atoms with E-state index in [1.165, 1.54) is 0 Å². The maximum absolute atomic E-state index is 10.4. The largest absolute Gasteiger partial charge is 0.480 e. The Balaban J connectivity index is 4.04. The summed E-state index contributed by atoms with van der Waals surface area (Å²) in [6.07, 6.45) is -0.470. The van der Waals surface area contributed by atoms with Gasteiger partial charge in [0.1, 0.15) is 6.04 Å². The second-order valence-corrected chi connectivity index (χ2v) is 3.80. The molecule has 0 aliphatic carbocycles. The number of nitrogens with two attached hydrogens (primary N) is 1. The van der Waals surface area contributed by atoms with Crippen LogP contribution in [-0.4, -0.2) is 28.8 Å². The maximum Gasteiger partial charge on any atom is 0.323 e. The number of carboxylic acid groups (broad SMARTS) is 1. The van der Waals surface area contributed by atoms with Crippen molar-refractivity contribution in [3.8, 4) is 0 Å². The molecular formula is C8H17NO3. The number of carbonyl (C=O) groups is 1. The molecule has 0 saturated carbocycles. The molecule has 0 fully saturated rings. The van der Waals surface area contributed by atoms with Gasteiger partial charge in [-0.05, 0) is 27.7 Å². The van der Waals surface area contributed by atoms with Crippen LogP contribution < -0.4 is 5.73 Å². The molecule has 0 aliphatic rings. The van der Waals surface area contributed by atoms with E-state index in [1.54, 1.807) is 6.92 Å². The number of rotatable bonds is 3. The molecule has 0 amide bonds. The van der Waals surface area contributed by atoms with Crippen molar-refractivity contribution in [2.45, 2.75) is 45.4 Å². The van der Waals surface area contributed by atoms with Gasteiger partial charge in [0.2, 0.25) is 0 Å². The van der Waals surface area contributed by atoms with Crippen molar-refractivity contribution in [3.05, 3.63) is 0 Å². The first-order valence-electron chi connectivity index (χ1n) is 3.90. The molecule has 0 aliphatic heterocycles. The summed E-state index contributed by atoms with van der Waals surface area (Å²) in [4.78, 5) is 10.4. The second kappa shape index (κ2) is 3.87. The van der Waals surface area contributed by atoms with Gasteiger partial charge in [-0.15, -0.1) is 0 Å². The molecule has 0 heterocycles. The normalized spacial score (nSPS) is 17.1. The fourth-order valence-corrected chi connectivity index (χ4v) is 0.832. The predicted octanol–water partition coefficient (Wildman–Crippen LogP) is 0.602. The summed E-state index contributed by atoms with van der Waals surface area (Å²) in [7, 11) is 0. The molecule has 0 bridgehead atoms. The van der Waals surface area contributed by atoms with Crippen molar-refractivity contribution < 1.29 is 14.6 Å². The van der Waals surface area contributed by atoms with Crippen LogP contribution in [0.25, 0.3) is 0 Å². The van der Waals surface area contributed by atoms with Gasteiger partial charge in [0.15, 0.2) is 0 Å². The molecule has 0 aromatic heterocycles. The first-order chi connectivity index (χ1) is 5.24. The molecule has 4 heteroatoms. The van der Waals surface area contributed by atoms with Gasteiger partial charge >= 0.3 is 5.97 Å². The summed E-state index contributed by atoms with van der Waals surface area (Å²) >= 11 is 0. The van der Waals surface area contributed by atoms with Crippen LogP contribution in [0.3, 0.4) is 0 Å². The molecule has 0 rings (SSSR count). The molecule has 0 spiro atoms. The topological polar surface area (TPSA) is 72.5 Å². The molecule has 2 atom stereocenters. The number of hydrogen-bond donors (Lipinski definition) is 2. The van der Waals surface area contributed by atoms with E-state index in [0.717, 1.165) is 0 Å². The number of hydrogen-bond acceptors (Lipinski definition) is 3. The minimum absolute atomic E-state index is 0.355. The Morgan fingerprint density at radius 3 is 2.17 bits per heavy atom. The molecule has 12 heavy (non-hydrogen) atoms. The van der Waals surface area contributed by atoms with Crippen LogP contribution in [0.4, 0.5) is 0 Å². The lowest BCUT2D eigenvalue weighted by Gasteiger charge is -2.26. The number of carboxylic acids is 1. The number of ether oxygens (including phenoxy) is 1. The summed E-state index contributed by atoms with van der Waals surface area (Å²) in [5.74, 6) is -1.04. The lowest BCUT2D eigenvalue weighted by atomic mass is 10.1. The van der Waals surface area contributed by atoms with Crippen molar-refractivity contribution in [1.82, 2.24) is 0 Å². The van der Waals surface area contributed by atoms with Gasteiger partial charge in [-0.25, -0.2) is 0 Å². The van der Waals surface area contributed by atoms with Gasteiger partial charge in [0.25, 0.3) is 0 Å². The van der Waals surface area contributed by atoms with Crippen molar-refractivity contribution in [1.29, 1.82) is 0 Å². The third kappa shape index (κ3) is 4.31. The van der Waals surface area contributed by atoms with Crippen LogP contribution in [0.5, 0.6) is 0 Å². The molecule has 0 radical (unpaired) electrons. The fraction of sp³-hybridized carbons (Fsp3) is 0.875. The highest BCUT2D eigenvalue weighted by Crippen LogP contribution is 2.11. The van der Waals surface area contributed by atoms with E-state index in [-0.39, 0.29) is 5.60 Å². The highest BCUT2D eigenvalue weighted by atomic mass is 16.5. The predicted molar refractivity (Wildman–Crippen MR) is 45.9 cm³/mol. The van der Waals surface area contributed by atoms with E-state index in [2.05, 4.69) is 0 Å². The zero-order valence-electron chi connectivity index (χ0n) is 8.00. The van der Waals surface area contributed by atoms with Gasteiger partial charge in [0, 0.05) is 0 Å². The molecule has 0 unspecified atom stereocenters. The first kappa shape index (κ1) is 11.4. The Hall–Kier alpha value is -0.610. The Bertz CT molecular complexity index is 162. The monoisotopic (exact) mass is 175 g/mol. The standard InChI is InChI=1S/C8H17NO3/c1-5(6(9)7(10)11)12-8(2,3)4/h5-6H,9H2,1-4H3,(H,10,11)/t5-,6+/m1/s1. The third-order valence-corrected chi connectivity index (χ3v) is 1.33. The van der Waals surface area contributed by atoms with Gasteiger partial charge in [-0.2, -0.15) is 0 Å². The summed E-state index contributed by atoms with van der Waals surface area (Å²) < 4.78 is 5.35. The highest BCUT2D eigenvalue weighted by molar-refractivity contribution is 5.73. The Kier molecular flexibility index (Phi) is 3.67. The van der Waals surface area contributed by atoms with E-state index in [1.807, 2.05) is 20.8 Å². The van der Waals surface area contributed by atoms with Crippen molar-refractivity contribution in [2.24, 2.45) is 5.73 Å². The summed E-state index contributed by atoms with van der Waals surface area (Å²) in [5.41, 5.74) is 4.99. The lowest BCUT2D eigenvalue weighted by Crippen LogP contribution is -2.44. The molecule has 72 valence electrons. The zero-order valence-corrected chi connectivity index (χ0v) is 8.00. The fourth-order valence-electron chi connectivity index (χ4n) is 0.832.